The van der Waals surface area contributed by atoms with Gasteiger partial charge in [0.05, 0.1) is 0 Å². The predicted molar refractivity (Wildman–Crippen MR) is 71.9 cm³/mol. The topological polar surface area (TPSA) is 17.1 Å². The van der Waals surface area contributed by atoms with Gasteiger partial charge in [0.15, 0.2) is 5.78 Å². The smallest absolute Gasteiger partial charge is 0.162 e. The molecule has 0 saturated carbocycles. The highest BCUT2D eigenvalue weighted by molar-refractivity contribution is 5.97. The zero-order valence-corrected chi connectivity index (χ0v) is 11.6. The van der Waals surface area contributed by atoms with Crippen LogP contribution in [0.4, 0.5) is 0 Å². The number of carbonyl (C=O) groups excluding carboxylic acids is 1. The Kier molecular flexibility index (Phi) is 2.89. The van der Waals surface area contributed by atoms with E-state index >= 15 is 0 Å². The number of fused-ring (bicyclic) bond motifs is 1. The van der Waals surface area contributed by atoms with Crippen molar-refractivity contribution >= 4 is 5.78 Å². The number of Topliss-reactive ketones (excluding diaryl/α,β-unsaturated/α-hetero) is 1. The first kappa shape index (κ1) is 12.3. The molecule has 0 spiro atoms. The molecule has 0 N–H and O–H groups in total. The van der Waals surface area contributed by atoms with Gasteiger partial charge in [0.1, 0.15) is 0 Å². The third-order valence-corrected chi connectivity index (χ3v) is 4.09. The number of ketones is 1. The van der Waals surface area contributed by atoms with Crippen molar-refractivity contribution in [3.8, 4) is 0 Å². The molecule has 0 saturated heterocycles. The van der Waals surface area contributed by atoms with Crippen molar-refractivity contribution in [1.29, 1.82) is 0 Å². The van der Waals surface area contributed by atoms with E-state index in [1.54, 1.807) is 0 Å². The van der Waals surface area contributed by atoms with Crippen molar-refractivity contribution in [3.63, 3.8) is 0 Å². The molecule has 0 fully saturated rings. The maximum Gasteiger partial charge on any atom is 0.162 e. The highest BCUT2D eigenvalue weighted by Gasteiger charge is 2.35. The van der Waals surface area contributed by atoms with E-state index in [0.29, 0.717) is 12.3 Å². The van der Waals surface area contributed by atoms with Gasteiger partial charge in [0, 0.05) is 12.0 Å². The van der Waals surface area contributed by atoms with Crippen molar-refractivity contribution < 1.29 is 4.79 Å². The molecule has 0 aromatic heterocycles. The number of hydrogen-bond donors (Lipinski definition) is 0. The maximum atomic E-state index is 11.9. The fourth-order valence-electron chi connectivity index (χ4n) is 3.19. The van der Waals surface area contributed by atoms with Crippen LogP contribution in [-0.2, 0) is 5.41 Å². The van der Waals surface area contributed by atoms with Crippen molar-refractivity contribution in [2.45, 2.75) is 58.8 Å². The Morgan fingerprint density at radius 2 is 2.06 bits per heavy atom. The monoisotopic (exact) mass is 230 g/mol. The van der Waals surface area contributed by atoms with Crippen LogP contribution in [0.25, 0.3) is 0 Å². The number of rotatable bonds is 2. The van der Waals surface area contributed by atoms with Gasteiger partial charge in [-0.25, -0.2) is 0 Å². The lowest BCUT2D eigenvalue weighted by Gasteiger charge is -2.20. The molecule has 0 aliphatic heterocycles. The Morgan fingerprint density at radius 3 is 2.65 bits per heavy atom. The second-order valence-electron chi connectivity index (χ2n) is 6.02. The minimum atomic E-state index is 0.257. The van der Waals surface area contributed by atoms with Crippen LogP contribution in [-0.4, -0.2) is 5.78 Å². The molecule has 1 nitrogen and oxygen atoms in total. The van der Waals surface area contributed by atoms with Gasteiger partial charge in [-0.2, -0.15) is 0 Å². The van der Waals surface area contributed by atoms with Crippen LogP contribution in [0.1, 0.15) is 73.5 Å². The third-order valence-electron chi connectivity index (χ3n) is 4.09. The summed E-state index contributed by atoms with van der Waals surface area (Å²) in [6.07, 6.45) is 1.78. The van der Waals surface area contributed by atoms with Gasteiger partial charge in [-0.3, -0.25) is 4.79 Å². The van der Waals surface area contributed by atoms with Crippen molar-refractivity contribution in [2.75, 3.05) is 0 Å². The Bertz CT molecular complexity index is 469. The van der Waals surface area contributed by atoms with Crippen molar-refractivity contribution in [1.82, 2.24) is 0 Å². The zero-order valence-electron chi connectivity index (χ0n) is 11.6. The summed E-state index contributed by atoms with van der Waals surface area (Å²) in [4.78, 5) is 11.9. The summed E-state index contributed by atoms with van der Waals surface area (Å²) in [5.41, 5.74) is 5.15. The van der Waals surface area contributed by atoms with Crippen LogP contribution in [0.3, 0.4) is 0 Å². The fraction of sp³-hybridized carbons (Fsp3) is 0.562. The third kappa shape index (κ3) is 1.92. The molecule has 0 heterocycles. The van der Waals surface area contributed by atoms with Gasteiger partial charge in [-0.1, -0.05) is 33.8 Å². The molecule has 1 aliphatic rings. The highest BCUT2D eigenvalue weighted by atomic mass is 16.1. The summed E-state index contributed by atoms with van der Waals surface area (Å²) in [6, 6.07) is 4.39. The van der Waals surface area contributed by atoms with Gasteiger partial charge in [-0.15, -0.1) is 0 Å². The molecule has 1 aromatic carbocycles. The molecule has 1 unspecified atom stereocenters. The van der Waals surface area contributed by atoms with Crippen LogP contribution < -0.4 is 0 Å². The number of hydrogen-bond acceptors (Lipinski definition) is 1. The molecular weight excluding hydrogens is 208 g/mol. The second-order valence-corrected chi connectivity index (χ2v) is 6.02. The van der Waals surface area contributed by atoms with Gasteiger partial charge in [-0.05, 0) is 47.4 Å². The number of carbonyl (C=O) groups is 1. The quantitative estimate of drug-likeness (QED) is 0.689. The lowest BCUT2D eigenvalue weighted by molar-refractivity contribution is 0.0987. The van der Waals surface area contributed by atoms with Gasteiger partial charge < -0.3 is 0 Å². The first-order valence-electron chi connectivity index (χ1n) is 6.55. The van der Waals surface area contributed by atoms with Crippen LogP contribution in [0.15, 0.2) is 12.1 Å². The molecule has 0 radical (unpaired) electrons. The van der Waals surface area contributed by atoms with Gasteiger partial charge in [0.25, 0.3) is 0 Å². The molecular formula is C16H22O. The van der Waals surface area contributed by atoms with Crippen LogP contribution in [0, 0.1) is 6.92 Å². The minimum Gasteiger partial charge on any atom is -0.294 e. The Balaban J connectivity index is 2.59. The van der Waals surface area contributed by atoms with E-state index in [1.165, 1.54) is 17.5 Å². The van der Waals surface area contributed by atoms with Crippen molar-refractivity contribution in [2.24, 2.45) is 0 Å². The van der Waals surface area contributed by atoms with Crippen LogP contribution >= 0.6 is 0 Å². The lowest BCUT2D eigenvalue weighted by atomic mass is 9.84. The normalized spacial score (nSPS) is 21.4. The van der Waals surface area contributed by atoms with E-state index in [0.717, 1.165) is 11.1 Å². The molecule has 2 rings (SSSR count). The van der Waals surface area contributed by atoms with E-state index in [2.05, 4.69) is 39.8 Å². The average Bonchev–Trinajstić information content (AvgIpc) is 2.47. The van der Waals surface area contributed by atoms with Gasteiger partial charge >= 0.3 is 0 Å². The fourth-order valence-corrected chi connectivity index (χ4v) is 3.19. The molecule has 92 valence electrons. The second kappa shape index (κ2) is 3.97. The van der Waals surface area contributed by atoms with Crippen LogP contribution in [0.2, 0.25) is 0 Å². The van der Waals surface area contributed by atoms with Gasteiger partial charge in [0.2, 0.25) is 0 Å². The summed E-state index contributed by atoms with van der Waals surface area (Å²) in [5.74, 6) is 0.839. The Morgan fingerprint density at radius 1 is 1.41 bits per heavy atom. The summed E-state index contributed by atoms with van der Waals surface area (Å²) >= 11 is 0. The summed E-state index contributed by atoms with van der Waals surface area (Å²) in [5, 5.41) is 0. The first-order valence-corrected chi connectivity index (χ1v) is 6.55. The standard InChI is InChI=1S/C16H22O/c1-6-15(17)13-8-12-11(3)9-16(4,5)14(12)7-10(13)2/h7-8,11H,6,9H2,1-5H3. The van der Waals surface area contributed by atoms with Crippen LogP contribution in [0.5, 0.6) is 0 Å². The number of aryl methyl sites for hydroxylation is 1. The molecule has 1 atom stereocenters. The molecule has 1 aromatic rings. The Hall–Kier alpha value is -1.11. The largest absolute Gasteiger partial charge is 0.294 e. The molecule has 0 amide bonds. The minimum absolute atomic E-state index is 0.257. The van der Waals surface area contributed by atoms with E-state index in [4.69, 9.17) is 0 Å². The molecule has 1 aliphatic carbocycles. The lowest BCUT2D eigenvalue weighted by Crippen LogP contribution is -2.13. The number of benzene rings is 1. The zero-order chi connectivity index (χ0) is 12.8. The van der Waals surface area contributed by atoms with Crippen molar-refractivity contribution in [3.05, 3.63) is 34.4 Å². The van der Waals surface area contributed by atoms with E-state index < -0.39 is 0 Å². The van der Waals surface area contributed by atoms with E-state index in [1.807, 2.05) is 6.92 Å². The predicted octanol–water partition coefficient (Wildman–Crippen LogP) is 4.37. The maximum absolute atomic E-state index is 11.9. The molecule has 17 heavy (non-hydrogen) atoms. The van der Waals surface area contributed by atoms with E-state index in [-0.39, 0.29) is 11.2 Å². The molecule has 1 heteroatoms. The summed E-state index contributed by atoms with van der Waals surface area (Å²) in [7, 11) is 0. The summed E-state index contributed by atoms with van der Waals surface area (Å²) in [6.45, 7) is 10.9. The first-order chi connectivity index (χ1) is 7.86. The molecule has 0 bridgehead atoms. The average molecular weight is 230 g/mol. The SMILES string of the molecule is CCC(=O)c1cc2c(cc1C)C(C)(C)CC2C. The summed E-state index contributed by atoms with van der Waals surface area (Å²) < 4.78 is 0. The Labute approximate surface area is 104 Å². The van der Waals surface area contributed by atoms with E-state index in [9.17, 15) is 4.79 Å². The highest BCUT2D eigenvalue weighted by Crippen LogP contribution is 2.46.